The number of rotatable bonds is 1. The van der Waals surface area contributed by atoms with E-state index in [0.29, 0.717) is 6.10 Å². The summed E-state index contributed by atoms with van der Waals surface area (Å²) in [5.41, 5.74) is 0. The van der Waals surface area contributed by atoms with Gasteiger partial charge in [-0.3, -0.25) is 0 Å². The molecule has 1 aliphatic rings. The number of hydrogen-bond acceptors (Lipinski definition) is 1. The van der Waals surface area contributed by atoms with Crippen molar-refractivity contribution in [1.82, 2.24) is 0 Å². The van der Waals surface area contributed by atoms with Crippen molar-refractivity contribution < 1.29 is 4.74 Å². The first-order valence-corrected chi connectivity index (χ1v) is 3.54. The number of methoxy groups -OCH3 is 1. The van der Waals surface area contributed by atoms with E-state index in [9.17, 15) is 0 Å². The zero-order valence-electron chi connectivity index (χ0n) is 6.13. The third-order valence-corrected chi connectivity index (χ3v) is 1.86. The van der Waals surface area contributed by atoms with Crippen LogP contribution in [0.3, 0.4) is 0 Å². The molecule has 0 radical (unpaired) electrons. The summed E-state index contributed by atoms with van der Waals surface area (Å²) < 4.78 is 5.15. The van der Waals surface area contributed by atoms with Crippen LogP contribution in [-0.2, 0) is 4.74 Å². The van der Waals surface area contributed by atoms with Gasteiger partial charge in [0, 0.05) is 7.11 Å². The van der Waals surface area contributed by atoms with Crippen LogP contribution in [0, 0.1) is 5.92 Å². The fraction of sp³-hybridized carbons (Fsp3) is 0.750. The van der Waals surface area contributed by atoms with E-state index >= 15 is 0 Å². The van der Waals surface area contributed by atoms with E-state index < -0.39 is 0 Å². The summed E-state index contributed by atoms with van der Waals surface area (Å²) in [6.45, 7) is 2.24. The van der Waals surface area contributed by atoms with Crippen molar-refractivity contribution in [2.45, 2.75) is 25.9 Å². The highest BCUT2D eigenvalue weighted by Gasteiger charge is 2.10. The molecule has 0 saturated heterocycles. The van der Waals surface area contributed by atoms with E-state index in [-0.39, 0.29) is 0 Å². The standard InChI is InChI=1S/C8H14O/c1-7-3-5-8(9-2)6-4-7/h3,5,7-8H,4,6H2,1-2H3. The Hall–Kier alpha value is -0.300. The smallest absolute Gasteiger partial charge is 0.0752 e. The molecule has 0 bridgehead atoms. The van der Waals surface area contributed by atoms with Crippen LogP contribution in [0.1, 0.15) is 19.8 Å². The van der Waals surface area contributed by atoms with E-state index in [1.165, 1.54) is 12.8 Å². The van der Waals surface area contributed by atoms with Crippen LogP contribution in [0.25, 0.3) is 0 Å². The molecule has 0 aromatic rings. The largest absolute Gasteiger partial charge is 0.377 e. The zero-order chi connectivity index (χ0) is 6.69. The molecule has 0 aliphatic heterocycles. The third-order valence-electron chi connectivity index (χ3n) is 1.86. The van der Waals surface area contributed by atoms with Gasteiger partial charge in [0.25, 0.3) is 0 Å². The second-order valence-electron chi connectivity index (χ2n) is 2.71. The molecule has 0 saturated carbocycles. The topological polar surface area (TPSA) is 9.23 Å². The van der Waals surface area contributed by atoms with Gasteiger partial charge in [-0.15, -0.1) is 0 Å². The molecule has 1 nitrogen and oxygen atoms in total. The van der Waals surface area contributed by atoms with Crippen LogP contribution in [-0.4, -0.2) is 13.2 Å². The summed E-state index contributed by atoms with van der Waals surface area (Å²) in [6.07, 6.45) is 7.25. The number of hydrogen-bond donors (Lipinski definition) is 0. The Morgan fingerprint density at radius 1 is 1.33 bits per heavy atom. The highest BCUT2D eigenvalue weighted by atomic mass is 16.5. The van der Waals surface area contributed by atoms with Gasteiger partial charge >= 0.3 is 0 Å². The molecule has 0 spiro atoms. The molecule has 1 heteroatoms. The molecule has 2 atom stereocenters. The maximum Gasteiger partial charge on any atom is 0.0752 e. The van der Waals surface area contributed by atoms with E-state index in [1.807, 2.05) is 0 Å². The molecule has 0 N–H and O–H groups in total. The molecule has 2 unspecified atom stereocenters. The molecule has 9 heavy (non-hydrogen) atoms. The third kappa shape index (κ3) is 1.83. The molecule has 0 amide bonds. The van der Waals surface area contributed by atoms with Gasteiger partial charge in [0.2, 0.25) is 0 Å². The number of allylic oxidation sites excluding steroid dienone is 1. The van der Waals surface area contributed by atoms with Crippen LogP contribution in [0.2, 0.25) is 0 Å². The predicted octanol–water partition coefficient (Wildman–Crippen LogP) is 1.99. The molecule has 52 valence electrons. The Labute approximate surface area is 56.7 Å². The minimum absolute atomic E-state index is 0.390. The van der Waals surface area contributed by atoms with E-state index in [1.54, 1.807) is 7.11 Å². The maximum absolute atomic E-state index is 5.15. The van der Waals surface area contributed by atoms with Gasteiger partial charge in [0.15, 0.2) is 0 Å². The second kappa shape index (κ2) is 3.02. The highest BCUT2D eigenvalue weighted by Crippen LogP contribution is 2.17. The number of ether oxygens (including phenoxy) is 1. The van der Waals surface area contributed by atoms with Gasteiger partial charge in [-0.05, 0) is 18.8 Å². The van der Waals surface area contributed by atoms with Crippen LogP contribution in [0.15, 0.2) is 12.2 Å². The van der Waals surface area contributed by atoms with Crippen molar-refractivity contribution in [3.8, 4) is 0 Å². The Morgan fingerprint density at radius 3 is 2.56 bits per heavy atom. The fourth-order valence-electron chi connectivity index (χ4n) is 1.13. The lowest BCUT2D eigenvalue weighted by Crippen LogP contribution is -2.12. The summed E-state index contributed by atoms with van der Waals surface area (Å²) in [6, 6.07) is 0. The molecular formula is C8H14O. The first kappa shape index (κ1) is 6.81. The highest BCUT2D eigenvalue weighted by molar-refractivity contribution is 4.97. The average Bonchev–Trinajstić information content (AvgIpc) is 1.90. The predicted molar refractivity (Wildman–Crippen MR) is 38.3 cm³/mol. The Balaban J connectivity index is 2.38. The monoisotopic (exact) mass is 126 g/mol. The molecule has 0 aromatic heterocycles. The van der Waals surface area contributed by atoms with Crippen molar-refractivity contribution >= 4 is 0 Å². The Morgan fingerprint density at radius 2 is 2.11 bits per heavy atom. The van der Waals surface area contributed by atoms with Crippen LogP contribution < -0.4 is 0 Å². The molecule has 0 fully saturated rings. The zero-order valence-corrected chi connectivity index (χ0v) is 6.13. The second-order valence-corrected chi connectivity index (χ2v) is 2.71. The van der Waals surface area contributed by atoms with Crippen molar-refractivity contribution in [2.75, 3.05) is 7.11 Å². The van der Waals surface area contributed by atoms with Crippen molar-refractivity contribution in [2.24, 2.45) is 5.92 Å². The van der Waals surface area contributed by atoms with Gasteiger partial charge in [-0.25, -0.2) is 0 Å². The first-order valence-electron chi connectivity index (χ1n) is 3.54. The summed E-state index contributed by atoms with van der Waals surface area (Å²) in [4.78, 5) is 0. The van der Waals surface area contributed by atoms with Crippen molar-refractivity contribution in [3.63, 3.8) is 0 Å². The lowest BCUT2D eigenvalue weighted by molar-refractivity contribution is 0.123. The van der Waals surface area contributed by atoms with Gasteiger partial charge in [-0.1, -0.05) is 19.1 Å². The molecular weight excluding hydrogens is 112 g/mol. The van der Waals surface area contributed by atoms with Crippen LogP contribution >= 0.6 is 0 Å². The quantitative estimate of drug-likeness (QED) is 0.488. The van der Waals surface area contributed by atoms with Gasteiger partial charge < -0.3 is 4.74 Å². The van der Waals surface area contributed by atoms with E-state index in [4.69, 9.17) is 4.74 Å². The van der Waals surface area contributed by atoms with E-state index in [2.05, 4.69) is 19.1 Å². The average molecular weight is 126 g/mol. The fourth-order valence-corrected chi connectivity index (χ4v) is 1.13. The lowest BCUT2D eigenvalue weighted by atomic mass is 9.96. The first-order chi connectivity index (χ1) is 4.33. The molecule has 0 heterocycles. The maximum atomic E-state index is 5.15. The summed E-state index contributed by atoms with van der Waals surface area (Å²) >= 11 is 0. The Kier molecular flexibility index (Phi) is 2.29. The van der Waals surface area contributed by atoms with Gasteiger partial charge in [0.1, 0.15) is 0 Å². The normalized spacial score (nSPS) is 34.9. The van der Waals surface area contributed by atoms with Crippen molar-refractivity contribution in [3.05, 3.63) is 12.2 Å². The molecule has 1 rings (SSSR count). The minimum Gasteiger partial charge on any atom is -0.377 e. The molecule has 1 aliphatic carbocycles. The Bertz CT molecular complexity index is 107. The van der Waals surface area contributed by atoms with Crippen LogP contribution in [0.5, 0.6) is 0 Å². The van der Waals surface area contributed by atoms with Crippen LogP contribution in [0.4, 0.5) is 0 Å². The summed E-state index contributed by atoms with van der Waals surface area (Å²) in [7, 11) is 1.77. The van der Waals surface area contributed by atoms with E-state index in [0.717, 1.165) is 5.92 Å². The molecule has 0 aromatic carbocycles. The van der Waals surface area contributed by atoms with Gasteiger partial charge in [-0.2, -0.15) is 0 Å². The summed E-state index contributed by atoms with van der Waals surface area (Å²) in [5.74, 6) is 0.761. The minimum atomic E-state index is 0.390. The SMILES string of the molecule is COC1C=CC(C)CC1. The summed E-state index contributed by atoms with van der Waals surface area (Å²) in [5, 5.41) is 0. The lowest BCUT2D eigenvalue weighted by Gasteiger charge is -2.18. The van der Waals surface area contributed by atoms with Crippen molar-refractivity contribution in [1.29, 1.82) is 0 Å². The van der Waals surface area contributed by atoms with Gasteiger partial charge in [0.05, 0.1) is 6.10 Å².